The largest absolute Gasteiger partial charge is 0.463 e. The van der Waals surface area contributed by atoms with Crippen LogP contribution in [0.25, 0.3) is 0 Å². The van der Waals surface area contributed by atoms with Crippen molar-refractivity contribution in [3.63, 3.8) is 0 Å². The van der Waals surface area contributed by atoms with Gasteiger partial charge in [0.15, 0.2) is 0 Å². The molecule has 6 heteroatoms. The van der Waals surface area contributed by atoms with Crippen molar-refractivity contribution in [2.45, 2.75) is 25.3 Å². The Kier molecular flexibility index (Phi) is 4.68. The number of nitrogens with zero attached hydrogens (tertiary/aromatic N) is 3. The second kappa shape index (κ2) is 6.47. The van der Waals surface area contributed by atoms with E-state index in [1.807, 2.05) is 0 Å². The van der Waals surface area contributed by atoms with Gasteiger partial charge in [0.2, 0.25) is 5.82 Å². The van der Waals surface area contributed by atoms with Crippen LogP contribution in [-0.4, -0.2) is 54.1 Å². The molecule has 0 aliphatic carbocycles. The minimum Gasteiger partial charge on any atom is -0.463 e. The van der Waals surface area contributed by atoms with Crippen molar-refractivity contribution < 1.29 is 9.53 Å². The molecular weight excluding hydrogens is 244 g/mol. The minimum absolute atomic E-state index is 0.0875. The van der Waals surface area contributed by atoms with E-state index in [0.29, 0.717) is 11.9 Å². The monoisotopic (exact) mass is 264 g/mol. The van der Waals surface area contributed by atoms with Gasteiger partial charge in [0.25, 0.3) is 0 Å². The van der Waals surface area contributed by atoms with Crippen LogP contribution in [0.4, 0.5) is 5.82 Å². The van der Waals surface area contributed by atoms with E-state index >= 15 is 0 Å². The van der Waals surface area contributed by atoms with E-state index in [1.54, 1.807) is 12.3 Å². The number of carbonyl (C=O) groups excluding carboxylic acids is 1. The predicted octanol–water partition coefficient (Wildman–Crippen LogP) is 1.16. The van der Waals surface area contributed by atoms with E-state index in [-0.39, 0.29) is 5.82 Å². The number of piperidine rings is 1. The average molecular weight is 264 g/mol. The average Bonchev–Trinajstić information content (AvgIpc) is 2.46. The number of likely N-dealkylation sites (N-methyl/N-ethyl adjacent to an activating group) is 1. The van der Waals surface area contributed by atoms with Crippen LogP contribution in [0.2, 0.25) is 0 Å². The Morgan fingerprint density at radius 1 is 1.58 bits per heavy atom. The summed E-state index contributed by atoms with van der Waals surface area (Å²) in [6, 6.07) is 2.28. The SMILES string of the molecule is COC(=O)c1nccc(NCC2CCCCN2C)n1. The lowest BCUT2D eigenvalue weighted by molar-refractivity contribution is 0.0587. The van der Waals surface area contributed by atoms with Crippen LogP contribution in [-0.2, 0) is 4.74 Å². The number of aromatic nitrogens is 2. The van der Waals surface area contributed by atoms with Gasteiger partial charge in [0.1, 0.15) is 5.82 Å². The predicted molar refractivity (Wildman–Crippen MR) is 72.1 cm³/mol. The first-order valence-electron chi connectivity index (χ1n) is 6.56. The number of hydrogen-bond donors (Lipinski definition) is 1. The summed E-state index contributed by atoms with van der Waals surface area (Å²) >= 11 is 0. The van der Waals surface area contributed by atoms with Crippen molar-refractivity contribution in [2.24, 2.45) is 0 Å². The number of likely N-dealkylation sites (tertiary alicyclic amines) is 1. The summed E-state index contributed by atoms with van der Waals surface area (Å²) in [6.07, 6.45) is 5.30. The fourth-order valence-electron chi connectivity index (χ4n) is 2.27. The zero-order valence-corrected chi connectivity index (χ0v) is 11.4. The van der Waals surface area contributed by atoms with Crippen molar-refractivity contribution in [3.8, 4) is 0 Å². The van der Waals surface area contributed by atoms with Crippen molar-refractivity contribution in [1.82, 2.24) is 14.9 Å². The number of anilines is 1. The molecule has 19 heavy (non-hydrogen) atoms. The highest BCUT2D eigenvalue weighted by atomic mass is 16.5. The molecule has 1 N–H and O–H groups in total. The first-order valence-corrected chi connectivity index (χ1v) is 6.56. The molecule has 2 heterocycles. The van der Waals surface area contributed by atoms with E-state index < -0.39 is 5.97 Å². The molecule has 0 aromatic carbocycles. The van der Waals surface area contributed by atoms with Crippen molar-refractivity contribution in [2.75, 3.05) is 32.6 Å². The Morgan fingerprint density at radius 3 is 3.16 bits per heavy atom. The Bertz CT molecular complexity index is 438. The van der Waals surface area contributed by atoms with Gasteiger partial charge in [-0.15, -0.1) is 0 Å². The Labute approximate surface area is 113 Å². The molecule has 0 spiro atoms. The molecule has 1 aromatic rings. The van der Waals surface area contributed by atoms with E-state index in [4.69, 9.17) is 0 Å². The van der Waals surface area contributed by atoms with E-state index in [9.17, 15) is 4.79 Å². The van der Waals surface area contributed by atoms with Gasteiger partial charge in [-0.05, 0) is 32.5 Å². The quantitative estimate of drug-likeness (QED) is 0.823. The third-order valence-corrected chi connectivity index (χ3v) is 3.46. The molecular formula is C13H20N4O2. The smallest absolute Gasteiger partial charge is 0.376 e. The van der Waals surface area contributed by atoms with Gasteiger partial charge in [-0.2, -0.15) is 0 Å². The van der Waals surface area contributed by atoms with Crippen LogP contribution in [0.3, 0.4) is 0 Å². The van der Waals surface area contributed by atoms with E-state index in [1.165, 1.54) is 26.4 Å². The van der Waals surface area contributed by atoms with Crippen LogP contribution in [0, 0.1) is 0 Å². The van der Waals surface area contributed by atoms with Crippen LogP contribution < -0.4 is 5.32 Å². The van der Waals surface area contributed by atoms with Crippen LogP contribution >= 0.6 is 0 Å². The highest BCUT2D eigenvalue weighted by Gasteiger charge is 2.18. The molecule has 0 saturated carbocycles. The topological polar surface area (TPSA) is 67.3 Å². The van der Waals surface area contributed by atoms with Crippen LogP contribution in [0.5, 0.6) is 0 Å². The number of hydrogen-bond acceptors (Lipinski definition) is 6. The molecule has 1 atom stereocenters. The number of nitrogens with one attached hydrogen (secondary N) is 1. The van der Waals surface area contributed by atoms with Gasteiger partial charge in [0, 0.05) is 18.8 Å². The highest BCUT2D eigenvalue weighted by molar-refractivity contribution is 5.85. The lowest BCUT2D eigenvalue weighted by Crippen LogP contribution is -2.40. The van der Waals surface area contributed by atoms with E-state index in [2.05, 4.69) is 32.0 Å². The fourth-order valence-corrected chi connectivity index (χ4v) is 2.27. The summed E-state index contributed by atoms with van der Waals surface area (Å²) in [5, 5.41) is 3.26. The van der Waals surface area contributed by atoms with Gasteiger partial charge in [-0.25, -0.2) is 14.8 Å². The second-order valence-electron chi connectivity index (χ2n) is 4.77. The molecule has 0 bridgehead atoms. The zero-order chi connectivity index (χ0) is 13.7. The molecule has 0 amide bonds. The molecule has 1 unspecified atom stereocenters. The number of ether oxygens (including phenoxy) is 1. The summed E-state index contributed by atoms with van der Waals surface area (Å²) in [5.74, 6) is 0.234. The minimum atomic E-state index is -0.515. The molecule has 1 saturated heterocycles. The van der Waals surface area contributed by atoms with Crippen LogP contribution in [0.1, 0.15) is 29.9 Å². The lowest BCUT2D eigenvalue weighted by Gasteiger charge is -2.32. The van der Waals surface area contributed by atoms with E-state index in [0.717, 1.165) is 13.1 Å². The summed E-state index contributed by atoms with van der Waals surface area (Å²) in [6.45, 7) is 1.97. The zero-order valence-electron chi connectivity index (χ0n) is 11.4. The lowest BCUT2D eigenvalue weighted by atomic mass is 10.0. The summed E-state index contributed by atoms with van der Waals surface area (Å²) < 4.78 is 4.60. The number of methoxy groups -OCH3 is 1. The first-order chi connectivity index (χ1) is 9.20. The summed E-state index contributed by atoms with van der Waals surface area (Å²) in [7, 11) is 3.47. The second-order valence-corrected chi connectivity index (χ2v) is 4.77. The maximum absolute atomic E-state index is 11.3. The number of rotatable bonds is 4. The number of carbonyl (C=O) groups is 1. The molecule has 0 radical (unpaired) electrons. The van der Waals surface area contributed by atoms with Crippen molar-refractivity contribution in [3.05, 3.63) is 18.1 Å². The molecule has 104 valence electrons. The van der Waals surface area contributed by atoms with Gasteiger partial charge < -0.3 is 15.0 Å². The highest BCUT2D eigenvalue weighted by Crippen LogP contribution is 2.15. The molecule has 1 aromatic heterocycles. The Balaban J connectivity index is 1.93. The maximum atomic E-state index is 11.3. The third-order valence-electron chi connectivity index (χ3n) is 3.46. The molecule has 1 fully saturated rings. The molecule has 2 rings (SSSR count). The summed E-state index contributed by atoms with van der Waals surface area (Å²) in [4.78, 5) is 21.7. The first kappa shape index (κ1) is 13.7. The van der Waals surface area contributed by atoms with Crippen molar-refractivity contribution >= 4 is 11.8 Å². The van der Waals surface area contributed by atoms with Gasteiger partial charge in [-0.3, -0.25) is 0 Å². The van der Waals surface area contributed by atoms with Gasteiger partial charge >= 0.3 is 5.97 Å². The van der Waals surface area contributed by atoms with Crippen LogP contribution in [0.15, 0.2) is 12.3 Å². The summed E-state index contributed by atoms with van der Waals surface area (Å²) in [5.41, 5.74) is 0. The maximum Gasteiger partial charge on any atom is 0.376 e. The number of esters is 1. The molecule has 6 nitrogen and oxygen atoms in total. The fraction of sp³-hybridized carbons (Fsp3) is 0.615. The standard InChI is InChI=1S/C13H20N4O2/c1-17-8-4-3-5-10(17)9-15-11-6-7-14-12(16-11)13(18)19-2/h6-7,10H,3-5,8-9H2,1-2H3,(H,14,15,16). The molecule has 1 aliphatic heterocycles. The van der Waals surface area contributed by atoms with Gasteiger partial charge in [0.05, 0.1) is 7.11 Å². The van der Waals surface area contributed by atoms with Gasteiger partial charge in [-0.1, -0.05) is 6.42 Å². The molecule has 1 aliphatic rings. The Morgan fingerprint density at radius 2 is 2.42 bits per heavy atom. The van der Waals surface area contributed by atoms with Crippen molar-refractivity contribution in [1.29, 1.82) is 0 Å². The Hall–Kier alpha value is -1.69. The third kappa shape index (κ3) is 3.64. The normalized spacial score (nSPS) is 20.0.